The van der Waals surface area contributed by atoms with Gasteiger partial charge in [0.25, 0.3) is 11.8 Å². The molecule has 0 saturated carbocycles. The number of nitrogens with one attached hydrogen (secondary N) is 3. The molecular weight excluding hydrogens is 386 g/mol. The normalized spacial score (nSPS) is 10.6. The molecule has 0 bridgehead atoms. The Hall–Kier alpha value is -2.93. The fraction of sp³-hybridized carbons (Fsp3) is 0.318. The maximum atomic E-state index is 12.2. The Labute approximate surface area is 177 Å². The molecule has 0 aliphatic heterocycles. The van der Waals surface area contributed by atoms with E-state index in [0.29, 0.717) is 23.1 Å². The van der Waals surface area contributed by atoms with Crippen molar-refractivity contribution >= 4 is 29.1 Å². The van der Waals surface area contributed by atoms with Gasteiger partial charge >= 0.3 is 0 Å². The number of hydrogen-bond donors (Lipinski definition) is 3. The summed E-state index contributed by atoms with van der Waals surface area (Å²) < 4.78 is 5.43. The van der Waals surface area contributed by atoms with E-state index < -0.39 is 5.91 Å². The Balaban J connectivity index is 1.73. The summed E-state index contributed by atoms with van der Waals surface area (Å²) >= 11 is 5.03. The zero-order chi connectivity index (χ0) is 21.4. The number of carbonyl (C=O) groups excluding carboxylic acids is 2. The number of benzene rings is 2. The van der Waals surface area contributed by atoms with E-state index in [1.54, 1.807) is 12.1 Å². The van der Waals surface area contributed by atoms with Crippen LogP contribution in [-0.2, 0) is 4.79 Å². The third-order valence-corrected chi connectivity index (χ3v) is 4.50. The number of rotatable bonds is 6. The van der Waals surface area contributed by atoms with Crippen LogP contribution in [0, 0.1) is 0 Å². The van der Waals surface area contributed by atoms with E-state index in [1.165, 1.54) is 5.56 Å². The van der Waals surface area contributed by atoms with Gasteiger partial charge in [-0.3, -0.25) is 25.8 Å². The molecule has 29 heavy (non-hydrogen) atoms. The molecule has 3 N–H and O–H groups in total. The van der Waals surface area contributed by atoms with Crippen molar-refractivity contribution < 1.29 is 14.3 Å². The van der Waals surface area contributed by atoms with Crippen molar-refractivity contribution in [1.82, 2.24) is 16.2 Å². The molecule has 2 aromatic rings. The molecule has 0 radical (unpaired) electrons. The predicted octanol–water partition coefficient (Wildman–Crippen LogP) is 3.65. The number of amides is 2. The first-order valence-electron chi connectivity index (χ1n) is 9.49. The van der Waals surface area contributed by atoms with Crippen molar-refractivity contribution in [1.29, 1.82) is 0 Å². The Kier molecular flexibility index (Phi) is 8.15. The summed E-state index contributed by atoms with van der Waals surface area (Å²) in [5, 5.41) is 2.51. The molecular formula is C22H27N3O3S. The Morgan fingerprint density at radius 2 is 1.38 bits per heavy atom. The monoisotopic (exact) mass is 413 g/mol. The number of hydrazine groups is 1. The lowest BCUT2D eigenvalue weighted by Gasteiger charge is -2.12. The Morgan fingerprint density at radius 1 is 0.862 bits per heavy atom. The highest BCUT2D eigenvalue weighted by Crippen LogP contribution is 2.18. The van der Waals surface area contributed by atoms with Crippen LogP contribution in [0.3, 0.4) is 0 Å². The van der Waals surface area contributed by atoms with Gasteiger partial charge < -0.3 is 4.74 Å². The summed E-state index contributed by atoms with van der Waals surface area (Å²) in [6, 6.07) is 14.9. The summed E-state index contributed by atoms with van der Waals surface area (Å²) in [6.07, 6.45) is 0. The van der Waals surface area contributed by atoms with Crippen LogP contribution in [-0.4, -0.2) is 23.5 Å². The minimum Gasteiger partial charge on any atom is -0.484 e. The van der Waals surface area contributed by atoms with Gasteiger partial charge in [0.2, 0.25) is 0 Å². The zero-order valence-electron chi connectivity index (χ0n) is 17.1. The van der Waals surface area contributed by atoms with Gasteiger partial charge in [-0.05, 0) is 59.4 Å². The molecule has 2 aromatic carbocycles. The molecule has 0 spiro atoms. The lowest BCUT2D eigenvalue weighted by atomic mass is 10.0. The van der Waals surface area contributed by atoms with Crippen molar-refractivity contribution in [2.45, 2.75) is 39.5 Å². The van der Waals surface area contributed by atoms with E-state index in [0.717, 1.165) is 5.56 Å². The second kappa shape index (κ2) is 10.6. The van der Waals surface area contributed by atoms with Crippen LogP contribution in [0.2, 0.25) is 0 Å². The molecule has 2 rings (SSSR count). The van der Waals surface area contributed by atoms with Gasteiger partial charge in [0.05, 0.1) is 0 Å². The van der Waals surface area contributed by atoms with Gasteiger partial charge in [-0.1, -0.05) is 52.0 Å². The smallest absolute Gasteiger partial charge is 0.276 e. The zero-order valence-corrected chi connectivity index (χ0v) is 17.9. The van der Waals surface area contributed by atoms with Crippen molar-refractivity contribution in [2.24, 2.45) is 0 Å². The Bertz CT molecular complexity index is 847. The molecule has 6 nitrogen and oxygen atoms in total. The van der Waals surface area contributed by atoms with E-state index in [4.69, 9.17) is 17.0 Å². The minimum atomic E-state index is -0.421. The van der Waals surface area contributed by atoms with Crippen LogP contribution in [0.4, 0.5) is 0 Å². The predicted molar refractivity (Wildman–Crippen MR) is 118 cm³/mol. The van der Waals surface area contributed by atoms with Crippen molar-refractivity contribution in [3.8, 4) is 5.75 Å². The fourth-order valence-electron chi connectivity index (χ4n) is 2.49. The largest absolute Gasteiger partial charge is 0.484 e. The average Bonchev–Trinajstić information content (AvgIpc) is 2.71. The summed E-state index contributed by atoms with van der Waals surface area (Å²) in [7, 11) is 0. The molecule has 0 unspecified atom stereocenters. The van der Waals surface area contributed by atoms with Crippen LogP contribution in [0.5, 0.6) is 5.75 Å². The lowest BCUT2D eigenvalue weighted by Crippen LogP contribution is -2.49. The number of carbonyl (C=O) groups is 2. The highest BCUT2D eigenvalue weighted by Gasteiger charge is 2.10. The van der Waals surface area contributed by atoms with E-state index in [1.807, 2.05) is 36.4 Å². The first kappa shape index (κ1) is 22.4. The number of ether oxygens (including phenoxy) is 1. The first-order valence-corrected chi connectivity index (χ1v) is 9.90. The molecule has 0 fully saturated rings. The third-order valence-electron chi connectivity index (χ3n) is 4.30. The molecule has 154 valence electrons. The fourth-order valence-corrected chi connectivity index (χ4v) is 2.63. The van der Waals surface area contributed by atoms with Crippen LogP contribution < -0.4 is 20.9 Å². The maximum Gasteiger partial charge on any atom is 0.276 e. The first-order chi connectivity index (χ1) is 13.8. The maximum absolute atomic E-state index is 12.2. The highest BCUT2D eigenvalue weighted by molar-refractivity contribution is 7.80. The highest BCUT2D eigenvalue weighted by atomic mass is 32.1. The van der Waals surface area contributed by atoms with Gasteiger partial charge in [0.1, 0.15) is 5.75 Å². The van der Waals surface area contributed by atoms with E-state index >= 15 is 0 Å². The van der Waals surface area contributed by atoms with E-state index in [2.05, 4.69) is 43.9 Å². The van der Waals surface area contributed by atoms with Gasteiger partial charge in [-0.2, -0.15) is 0 Å². The minimum absolute atomic E-state index is 0.00225. The standard InChI is InChI=1S/C22H27N3O3S/c1-14(2)16-5-7-18(8-6-16)21(27)23-22(29)25-24-20(26)13-28-19-11-9-17(10-12-19)15(3)4/h5-12,14-15H,13H2,1-4H3,(H,24,26)(H2,23,25,27,29). The average molecular weight is 414 g/mol. The van der Waals surface area contributed by atoms with Crippen molar-refractivity contribution in [3.05, 3.63) is 65.2 Å². The third kappa shape index (κ3) is 7.19. The second-order valence-corrected chi connectivity index (χ2v) is 7.65. The quantitative estimate of drug-likeness (QED) is 0.498. The van der Waals surface area contributed by atoms with Gasteiger partial charge in [-0.25, -0.2) is 0 Å². The van der Waals surface area contributed by atoms with Gasteiger partial charge in [-0.15, -0.1) is 0 Å². The molecule has 2 amide bonds. The van der Waals surface area contributed by atoms with E-state index in [-0.39, 0.29) is 17.6 Å². The summed E-state index contributed by atoms with van der Waals surface area (Å²) in [5.41, 5.74) is 7.71. The molecule has 0 saturated heterocycles. The van der Waals surface area contributed by atoms with Crippen molar-refractivity contribution in [2.75, 3.05) is 6.61 Å². The molecule has 0 aliphatic rings. The molecule has 0 aliphatic carbocycles. The number of hydrogen-bond acceptors (Lipinski definition) is 4. The van der Waals surface area contributed by atoms with Crippen molar-refractivity contribution in [3.63, 3.8) is 0 Å². The van der Waals surface area contributed by atoms with Gasteiger partial charge in [0.15, 0.2) is 11.7 Å². The topological polar surface area (TPSA) is 79.5 Å². The number of thiocarbonyl (C=S) groups is 1. The molecule has 0 aromatic heterocycles. The van der Waals surface area contributed by atoms with Crippen LogP contribution in [0.25, 0.3) is 0 Å². The summed E-state index contributed by atoms with van der Waals surface area (Å²) in [4.78, 5) is 24.1. The Morgan fingerprint density at radius 3 is 1.90 bits per heavy atom. The molecule has 0 heterocycles. The van der Waals surface area contributed by atoms with Crippen LogP contribution >= 0.6 is 12.2 Å². The van der Waals surface area contributed by atoms with Gasteiger partial charge in [0, 0.05) is 5.56 Å². The second-order valence-electron chi connectivity index (χ2n) is 7.25. The molecule has 7 heteroatoms. The molecule has 0 atom stereocenters. The van der Waals surface area contributed by atoms with Crippen LogP contribution in [0.15, 0.2) is 48.5 Å². The summed E-state index contributed by atoms with van der Waals surface area (Å²) in [6.45, 7) is 8.21. The lowest BCUT2D eigenvalue weighted by molar-refractivity contribution is -0.123. The van der Waals surface area contributed by atoms with Crippen LogP contribution in [0.1, 0.15) is 61.0 Å². The van der Waals surface area contributed by atoms with E-state index in [9.17, 15) is 9.59 Å². The summed E-state index contributed by atoms with van der Waals surface area (Å²) in [5.74, 6) is 0.649. The SMILES string of the molecule is CC(C)c1ccc(OCC(=O)NNC(=S)NC(=O)c2ccc(C(C)C)cc2)cc1.